The van der Waals surface area contributed by atoms with Crippen LogP contribution in [0.25, 0.3) is 11.4 Å². The van der Waals surface area contributed by atoms with E-state index in [0.717, 1.165) is 5.56 Å². The van der Waals surface area contributed by atoms with Gasteiger partial charge in [0.15, 0.2) is 11.0 Å². The first-order chi connectivity index (χ1) is 14.5. The molecule has 2 aromatic carbocycles. The molecule has 3 rings (SSSR count). The van der Waals surface area contributed by atoms with Crippen LogP contribution in [0.5, 0.6) is 5.75 Å². The van der Waals surface area contributed by atoms with Crippen molar-refractivity contribution in [1.82, 2.24) is 14.8 Å². The Morgan fingerprint density at radius 3 is 2.83 bits per heavy atom. The summed E-state index contributed by atoms with van der Waals surface area (Å²) in [6.07, 6.45) is 1.71. The van der Waals surface area contributed by atoms with Crippen molar-refractivity contribution in [2.75, 3.05) is 18.2 Å². The number of rotatable bonds is 9. The molecule has 10 heteroatoms. The molecule has 1 amide bonds. The largest absolute Gasteiger partial charge is 0.497 e. The molecule has 30 heavy (non-hydrogen) atoms. The van der Waals surface area contributed by atoms with Crippen molar-refractivity contribution < 1.29 is 14.5 Å². The number of benzene rings is 2. The van der Waals surface area contributed by atoms with E-state index in [1.165, 1.54) is 23.9 Å². The molecule has 0 radical (unpaired) electrons. The van der Waals surface area contributed by atoms with Crippen molar-refractivity contribution in [3.05, 3.63) is 71.3 Å². The van der Waals surface area contributed by atoms with E-state index in [2.05, 4.69) is 22.1 Å². The second kappa shape index (κ2) is 9.70. The number of aromatic nitrogens is 3. The molecule has 1 aromatic heterocycles. The van der Waals surface area contributed by atoms with Gasteiger partial charge >= 0.3 is 0 Å². The molecule has 1 heterocycles. The second-order valence-corrected chi connectivity index (χ2v) is 6.99. The normalized spacial score (nSPS) is 10.4. The maximum atomic E-state index is 12.3. The summed E-state index contributed by atoms with van der Waals surface area (Å²) in [4.78, 5) is 22.9. The highest BCUT2D eigenvalue weighted by Gasteiger charge is 2.18. The van der Waals surface area contributed by atoms with E-state index >= 15 is 0 Å². The number of nitro groups is 1. The van der Waals surface area contributed by atoms with Crippen molar-refractivity contribution in [1.29, 1.82) is 0 Å². The van der Waals surface area contributed by atoms with Gasteiger partial charge in [0.1, 0.15) is 11.4 Å². The van der Waals surface area contributed by atoms with Gasteiger partial charge in [0.25, 0.3) is 5.69 Å². The molecule has 154 valence electrons. The minimum atomic E-state index is -0.538. The van der Waals surface area contributed by atoms with Gasteiger partial charge in [-0.05, 0) is 18.2 Å². The van der Waals surface area contributed by atoms with E-state index in [9.17, 15) is 14.9 Å². The van der Waals surface area contributed by atoms with Crippen LogP contribution in [0.3, 0.4) is 0 Å². The molecule has 0 atom stereocenters. The summed E-state index contributed by atoms with van der Waals surface area (Å²) in [6, 6.07) is 13.4. The zero-order valence-corrected chi connectivity index (χ0v) is 17.0. The van der Waals surface area contributed by atoms with Crippen LogP contribution in [-0.4, -0.2) is 38.5 Å². The predicted molar refractivity (Wildman–Crippen MR) is 115 cm³/mol. The SMILES string of the molecule is C=CCn1c(SCC(=O)Nc2ccccc2[N+](=O)[O-])nnc1-c1cccc(OC)c1. The van der Waals surface area contributed by atoms with Crippen LogP contribution in [0, 0.1) is 10.1 Å². The molecule has 0 saturated carbocycles. The van der Waals surface area contributed by atoms with Crippen LogP contribution in [-0.2, 0) is 11.3 Å². The second-order valence-electron chi connectivity index (χ2n) is 6.05. The fraction of sp³-hybridized carbons (Fsp3) is 0.150. The smallest absolute Gasteiger partial charge is 0.292 e. The highest BCUT2D eigenvalue weighted by molar-refractivity contribution is 7.99. The highest BCUT2D eigenvalue weighted by Crippen LogP contribution is 2.27. The summed E-state index contributed by atoms with van der Waals surface area (Å²) < 4.78 is 7.10. The maximum absolute atomic E-state index is 12.3. The Bertz CT molecular complexity index is 1080. The third-order valence-corrected chi connectivity index (χ3v) is 5.03. The molecule has 3 aromatic rings. The molecular formula is C20H19N5O4S. The molecule has 0 aliphatic heterocycles. The third kappa shape index (κ3) is 4.84. The number of nitrogens with one attached hydrogen (secondary N) is 1. The van der Waals surface area contributed by atoms with Gasteiger partial charge in [-0.1, -0.05) is 42.1 Å². The summed E-state index contributed by atoms with van der Waals surface area (Å²) in [6.45, 7) is 4.22. The average Bonchev–Trinajstić information content (AvgIpc) is 3.15. The Hall–Kier alpha value is -3.66. The lowest BCUT2D eigenvalue weighted by Crippen LogP contribution is -2.15. The predicted octanol–water partition coefficient (Wildman–Crippen LogP) is 3.78. The van der Waals surface area contributed by atoms with Crippen LogP contribution in [0.15, 0.2) is 66.3 Å². The van der Waals surface area contributed by atoms with Gasteiger partial charge in [-0.15, -0.1) is 16.8 Å². The quantitative estimate of drug-likeness (QED) is 0.240. The first-order valence-electron chi connectivity index (χ1n) is 8.88. The van der Waals surface area contributed by atoms with Crippen molar-refractivity contribution in [2.45, 2.75) is 11.7 Å². The number of hydrogen-bond acceptors (Lipinski definition) is 7. The summed E-state index contributed by atoms with van der Waals surface area (Å²) >= 11 is 1.18. The molecular weight excluding hydrogens is 406 g/mol. The van der Waals surface area contributed by atoms with Gasteiger partial charge < -0.3 is 10.1 Å². The van der Waals surface area contributed by atoms with E-state index in [-0.39, 0.29) is 23.0 Å². The fourth-order valence-corrected chi connectivity index (χ4v) is 3.47. The lowest BCUT2D eigenvalue weighted by atomic mass is 10.2. The standard InChI is InChI=1S/C20H19N5O4S/c1-3-11-24-19(14-7-6-8-15(12-14)29-2)22-23-20(24)30-13-18(26)21-16-9-4-5-10-17(16)25(27)28/h3-10,12H,1,11,13H2,2H3,(H,21,26). The molecule has 0 bridgehead atoms. The van der Waals surface area contributed by atoms with E-state index in [1.54, 1.807) is 25.3 Å². The molecule has 0 aliphatic carbocycles. The number of anilines is 1. The van der Waals surface area contributed by atoms with E-state index < -0.39 is 4.92 Å². The van der Waals surface area contributed by atoms with Crippen molar-refractivity contribution in [2.24, 2.45) is 0 Å². The first-order valence-corrected chi connectivity index (χ1v) is 9.86. The lowest BCUT2D eigenvalue weighted by Gasteiger charge is -2.09. The average molecular weight is 425 g/mol. The molecule has 0 spiro atoms. The van der Waals surface area contributed by atoms with E-state index in [0.29, 0.717) is 23.3 Å². The van der Waals surface area contributed by atoms with Gasteiger partial charge in [-0.3, -0.25) is 19.5 Å². The molecule has 0 aliphatic rings. The van der Waals surface area contributed by atoms with E-state index in [4.69, 9.17) is 4.74 Å². The van der Waals surface area contributed by atoms with Crippen molar-refractivity contribution >= 4 is 29.0 Å². The Morgan fingerprint density at radius 1 is 1.30 bits per heavy atom. The molecule has 0 unspecified atom stereocenters. The lowest BCUT2D eigenvalue weighted by molar-refractivity contribution is -0.383. The monoisotopic (exact) mass is 425 g/mol. The number of thioether (sulfide) groups is 1. The number of hydrogen-bond donors (Lipinski definition) is 1. The number of methoxy groups -OCH3 is 1. The maximum Gasteiger partial charge on any atom is 0.292 e. The molecule has 1 N–H and O–H groups in total. The summed E-state index contributed by atoms with van der Waals surface area (Å²) in [5, 5.41) is 22.6. The number of carbonyl (C=O) groups excluding carboxylic acids is 1. The van der Waals surface area contributed by atoms with Crippen LogP contribution in [0.1, 0.15) is 0 Å². The van der Waals surface area contributed by atoms with Crippen LogP contribution in [0.4, 0.5) is 11.4 Å². The Labute approximate surface area is 176 Å². The zero-order valence-electron chi connectivity index (χ0n) is 16.1. The van der Waals surface area contributed by atoms with Gasteiger partial charge in [0.2, 0.25) is 5.91 Å². The van der Waals surface area contributed by atoms with Gasteiger partial charge in [0, 0.05) is 18.2 Å². The van der Waals surface area contributed by atoms with Crippen LogP contribution < -0.4 is 10.1 Å². The number of nitro benzene ring substituents is 1. The zero-order chi connectivity index (χ0) is 21.5. The number of carbonyl (C=O) groups is 1. The number of allylic oxidation sites excluding steroid dienone is 1. The van der Waals surface area contributed by atoms with Crippen LogP contribution >= 0.6 is 11.8 Å². The van der Waals surface area contributed by atoms with Crippen molar-refractivity contribution in [3.63, 3.8) is 0 Å². The molecule has 0 fully saturated rings. The number of nitrogens with zero attached hydrogens (tertiary/aromatic N) is 4. The summed E-state index contributed by atoms with van der Waals surface area (Å²) in [5.41, 5.74) is 0.809. The van der Waals surface area contributed by atoms with Gasteiger partial charge in [0.05, 0.1) is 17.8 Å². The summed E-state index contributed by atoms with van der Waals surface area (Å²) in [5.74, 6) is 0.943. The first kappa shape index (κ1) is 21.1. The van der Waals surface area contributed by atoms with Gasteiger partial charge in [-0.25, -0.2) is 0 Å². The number of amides is 1. The summed E-state index contributed by atoms with van der Waals surface area (Å²) in [7, 11) is 1.59. The number of ether oxygens (including phenoxy) is 1. The molecule has 0 saturated heterocycles. The fourth-order valence-electron chi connectivity index (χ4n) is 2.72. The highest BCUT2D eigenvalue weighted by atomic mass is 32.2. The number of para-hydroxylation sites is 2. The van der Waals surface area contributed by atoms with Crippen molar-refractivity contribution in [3.8, 4) is 17.1 Å². The Balaban J connectivity index is 1.75. The minimum Gasteiger partial charge on any atom is -0.497 e. The topological polar surface area (TPSA) is 112 Å². The minimum absolute atomic E-state index is 0.0133. The Kier molecular flexibility index (Phi) is 6.81. The van der Waals surface area contributed by atoms with Gasteiger partial charge in [-0.2, -0.15) is 0 Å². The molecule has 9 nitrogen and oxygen atoms in total. The van der Waals surface area contributed by atoms with E-state index in [1.807, 2.05) is 28.8 Å². The third-order valence-electron chi connectivity index (χ3n) is 4.06. The van der Waals surface area contributed by atoms with Crippen LogP contribution in [0.2, 0.25) is 0 Å². The Morgan fingerprint density at radius 2 is 2.10 bits per heavy atom.